The number of urea groups is 1. The summed E-state index contributed by atoms with van der Waals surface area (Å²) in [5.74, 6) is -0.836. The number of nitriles is 1. The molecule has 1 fully saturated rings. The van der Waals surface area contributed by atoms with Gasteiger partial charge in [0.2, 0.25) is 5.91 Å². The van der Waals surface area contributed by atoms with E-state index in [2.05, 4.69) is 17.6 Å². The van der Waals surface area contributed by atoms with Gasteiger partial charge in [0.25, 0.3) is 5.91 Å². The monoisotopic (exact) mass is 370 g/mol. The van der Waals surface area contributed by atoms with E-state index in [4.69, 9.17) is 5.26 Å². The van der Waals surface area contributed by atoms with Crippen LogP contribution in [0.4, 0.5) is 4.79 Å². The smallest absolute Gasteiger partial charge is 0.325 e. The molecule has 0 spiro atoms. The van der Waals surface area contributed by atoms with Crippen LogP contribution in [0.15, 0.2) is 24.3 Å². The lowest BCUT2D eigenvalue weighted by atomic mass is 9.91. The summed E-state index contributed by atoms with van der Waals surface area (Å²) in [5.41, 5.74) is -0.221. The second-order valence-corrected chi connectivity index (χ2v) is 7.10. The first-order valence-electron chi connectivity index (χ1n) is 9.26. The van der Waals surface area contributed by atoms with Gasteiger partial charge >= 0.3 is 6.03 Å². The fourth-order valence-electron chi connectivity index (χ4n) is 3.15. The maximum atomic E-state index is 12.8. The Bertz CT molecular complexity index is 753. The van der Waals surface area contributed by atoms with E-state index in [1.807, 2.05) is 13.0 Å². The molecular weight excluding hydrogens is 344 g/mol. The van der Waals surface area contributed by atoms with Gasteiger partial charge in [-0.25, -0.2) is 4.79 Å². The van der Waals surface area contributed by atoms with Crippen LogP contribution >= 0.6 is 0 Å². The highest BCUT2D eigenvalue weighted by Crippen LogP contribution is 2.28. The highest BCUT2D eigenvalue weighted by atomic mass is 16.2. The average Bonchev–Trinajstić information content (AvgIpc) is 2.86. The van der Waals surface area contributed by atoms with Gasteiger partial charge in [0.15, 0.2) is 0 Å². The predicted molar refractivity (Wildman–Crippen MR) is 101 cm³/mol. The van der Waals surface area contributed by atoms with Crippen molar-refractivity contribution in [3.63, 3.8) is 0 Å². The average molecular weight is 370 g/mol. The first-order valence-corrected chi connectivity index (χ1v) is 9.26. The van der Waals surface area contributed by atoms with Gasteiger partial charge < -0.3 is 10.6 Å². The third-order valence-corrected chi connectivity index (χ3v) is 4.82. The number of hydrogen-bond acceptors (Lipinski definition) is 4. The van der Waals surface area contributed by atoms with E-state index >= 15 is 0 Å². The number of hydrogen-bond donors (Lipinski definition) is 2. The van der Waals surface area contributed by atoms with Gasteiger partial charge in [0.05, 0.1) is 11.6 Å². The van der Waals surface area contributed by atoms with E-state index in [1.165, 1.54) is 0 Å². The molecule has 2 rings (SSSR count). The quantitative estimate of drug-likeness (QED) is 0.542. The van der Waals surface area contributed by atoms with Gasteiger partial charge in [0, 0.05) is 6.04 Å². The highest BCUT2D eigenvalue weighted by Gasteiger charge is 2.49. The topological polar surface area (TPSA) is 102 Å². The van der Waals surface area contributed by atoms with E-state index in [0.29, 0.717) is 11.1 Å². The van der Waals surface area contributed by atoms with E-state index in [0.717, 1.165) is 30.6 Å². The molecule has 1 aromatic carbocycles. The lowest BCUT2D eigenvalue weighted by Gasteiger charge is -2.22. The van der Waals surface area contributed by atoms with Crippen LogP contribution < -0.4 is 10.6 Å². The van der Waals surface area contributed by atoms with Crippen LogP contribution in [0.3, 0.4) is 0 Å². The van der Waals surface area contributed by atoms with Crippen LogP contribution in [0.5, 0.6) is 0 Å². The molecule has 27 heavy (non-hydrogen) atoms. The molecule has 0 radical (unpaired) electrons. The predicted octanol–water partition coefficient (Wildman–Crippen LogP) is 2.41. The molecule has 7 nitrogen and oxygen atoms in total. The lowest BCUT2D eigenvalue weighted by Crippen LogP contribution is -2.45. The fraction of sp³-hybridized carbons (Fsp3) is 0.500. The number of nitrogens with one attached hydrogen (secondary N) is 2. The Balaban J connectivity index is 2.02. The van der Waals surface area contributed by atoms with Crippen molar-refractivity contribution in [1.82, 2.24) is 15.5 Å². The number of imide groups is 1. The van der Waals surface area contributed by atoms with E-state index in [9.17, 15) is 14.4 Å². The van der Waals surface area contributed by atoms with Gasteiger partial charge in [-0.2, -0.15) is 5.26 Å². The lowest BCUT2D eigenvalue weighted by molar-refractivity contribution is -0.135. The zero-order valence-electron chi connectivity index (χ0n) is 16.0. The normalized spacial score (nSPS) is 20.1. The minimum absolute atomic E-state index is 0.00488. The van der Waals surface area contributed by atoms with Crippen LogP contribution in [0.25, 0.3) is 0 Å². The van der Waals surface area contributed by atoms with Crippen molar-refractivity contribution in [3.05, 3.63) is 35.4 Å². The number of rotatable bonds is 8. The number of nitrogens with zero attached hydrogens (tertiary/aromatic N) is 2. The summed E-state index contributed by atoms with van der Waals surface area (Å²) in [6, 6.07) is 7.86. The van der Waals surface area contributed by atoms with Crippen molar-refractivity contribution in [1.29, 1.82) is 5.26 Å². The molecule has 0 aromatic heterocycles. The Labute approximate surface area is 159 Å². The van der Waals surface area contributed by atoms with Crippen molar-refractivity contribution < 1.29 is 14.4 Å². The summed E-state index contributed by atoms with van der Waals surface area (Å²) in [6.45, 7) is 5.32. The molecule has 144 valence electrons. The minimum atomic E-state index is -1.25. The van der Waals surface area contributed by atoms with Crippen molar-refractivity contribution in [2.45, 2.75) is 58.0 Å². The van der Waals surface area contributed by atoms with Crippen LogP contribution in [0.1, 0.15) is 57.6 Å². The zero-order valence-corrected chi connectivity index (χ0v) is 16.0. The third kappa shape index (κ3) is 4.64. The minimum Gasteiger partial charge on any atom is -0.352 e. The number of unbranched alkanes of at least 4 members (excludes halogenated alkanes) is 2. The summed E-state index contributed by atoms with van der Waals surface area (Å²) < 4.78 is 0. The van der Waals surface area contributed by atoms with Crippen molar-refractivity contribution in [2.24, 2.45) is 0 Å². The number of amides is 4. The van der Waals surface area contributed by atoms with Crippen LogP contribution in [0.2, 0.25) is 0 Å². The van der Waals surface area contributed by atoms with E-state index < -0.39 is 17.5 Å². The molecule has 1 heterocycles. The number of benzene rings is 1. The Morgan fingerprint density at radius 1 is 1.30 bits per heavy atom. The maximum Gasteiger partial charge on any atom is 0.325 e. The first-order chi connectivity index (χ1) is 12.8. The summed E-state index contributed by atoms with van der Waals surface area (Å²) in [6.07, 6.45) is 4.10. The summed E-state index contributed by atoms with van der Waals surface area (Å²) in [4.78, 5) is 38.3. The SMILES string of the molecule is CCCCCC(C)NC(=O)CN1C(=O)NC(C)(c2ccc(C#N)cc2)C1=O. The maximum absolute atomic E-state index is 12.8. The third-order valence-electron chi connectivity index (χ3n) is 4.82. The second-order valence-electron chi connectivity index (χ2n) is 7.10. The Kier molecular flexibility index (Phi) is 6.56. The molecular formula is C20H26N4O3. The Morgan fingerprint density at radius 3 is 2.56 bits per heavy atom. The van der Waals surface area contributed by atoms with Crippen LogP contribution in [-0.2, 0) is 15.1 Å². The molecule has 4 amide bonds. The molecule has 1 saturated heterocycles. The summed E-state index contributed by atoms with van der Waals surface area (Å²) in [7, 11) is 0. The molecule has 1 aliphatic rings. The molecule has 2 atom stereocenters. The van der Waals surface area contributed by atoms with Crippen molar-refractivity contribution in [3.8, 4) is 6.07 Å². The van der Waals surface area contributed by atoms with Crippen LogP contribution in [0, 0.1) is 11.3 Å². The number of carbonyl (C=O) groups excluding carboxylic acids is 3. The summed E-state index contributed by atoms with van der Waals surface area (Å²) in [5, 5.41) is 14.4. The van der Waals surface area contributed by atoms with E-state index in [-0.39, 0.29) is 18.5 Å². The van der Waals surface area contributed by atoms with Gasteiger partial charge in [-0.3, -0.25) is 14.5 Å². The fourth-order valence-corrected chi connectivity index (χ4v) is 3.15. The molecule has 2 N–H and O–H groups in total. The highest BCUT2D eigenvalue weighted by molar-refractivity contribution is 6.09. The Morgan fingerprint density at radius 2 is 1.96 bits per heavy atom. The molecule has 2 unspecified atom stereocenters. The first kappa shape index (κ1) is 20.4. The van der Waals surface area contributed by atoms with Gasteiger partial charge in [-0.15, -0.1) is 0 Å². The van der Waals surface area contributed by atoms with Gasteiger partial charge in [-0.1, -0.05) is 38.3 Å². The van der Waals surface area contributed by atoms with Crippen molar-refractivity contribution in [2.75, 3.05) is 6.54 Å². The van der Waals surface area contributed by atoms with Gasteiger partial charge in [-0.05, 0) is 38.0 Å². The second kappa shape index (κ2) is 8.67. The standard InChI is InChI=1S/C20H26N4O3/c1-4-5-6-7-14(2)22-17(25)13-24-18(26)20(3,23-19(24)27)16-10-8-15(12-21)9-11-16/h8-11,14H,4-7,13H2,1-3H3,(H,22,25)(H,23,27). The summed E-state index contributed by atoms with van der Waals surface area (Å²) >= 11 is 0. The van der Waals surface area contributed by atoms with Crippen LogP contribution in [-0.4, -0.2) is 35.3 Å². The molecule has 0 bridgehead atoms. The van der Waals surface area contributed by atoms with E-state index in [1.54, 1.807) is 31.2 Å². The molecule has 1 aromatic rings. The molecule has 7 heteroatoms. The molecule has 1 aliphatic heterocycles. The zero-order chi connectivity index (χ0) is 20.0. The van der Waals surface area contributed by atoms with Gasteiger partial charge in [0.1, 0.15) is 12.1 Å². The molecule has 0 aliphatic carbocycles. The number of carbonyl (C=O) groups is 3. The van der Waals surface area contributed by atoms with Crippen molar-refractivity contribution >= 4 is 17.8 Å². The Hall–Kier alpha value is -2.88. The largest absolute Gasteiger partial charge is 0.352 e. The molecule has 0 saturated carbocycles.